The standard InChI is InChI=1S/C23H31N3O4S2/c1-17-12-22(31-16-17)18-13-19(23(27)24-6-5-20-4-3-7-25(20)2)15-21(14-18)32(28,29)26-8-10-30-11-9-26/h12-16,20H,3-11H2,1-2H3,(H,24,27)/t20-/m1/s1. The van der Waals surface area contributed by atoms with Crippen LogP contribution >= 0.6 is 11.3 Å². The number of nitrogens with one attached hydrogen (secondary N) is 1. The number of nitrogens with zero attached hydrogens (tertiary/aromatic N) is 2. The summed E-state index contributed by atoms with van der Waals surface area (Å²) in [4.78, 5) is 16.4. The maximum atomic E-state index is 13.3. The molecule has 0 aliphatic carbocycles. The van der Waals surface area contributed by atoms with Crippen LogP contribution in [0.3, 0.4) is 0 Å². The average molecular weight is 478 g/mol. The SMILES string of the molecule is Cc1csc(-c2cc(C(=O)NCC[C@H]3CCCN3C)cc(S(=O)(=O)N3CCOCC3)c2)c1. The maximum absolute atomic E-state index is 13.3. The van der Waals surface area contributed by atoms with E-state index in [0.717, 1.165) is 35.4 Å². The van der Waals surface area contributed by atoms with Crippen LogP contribution in [-0.2, 0) is 14.8 Å². The predicted molar refractivity (Wildman–Crippen MR) is 127 cm³/mol. The van der Waals surface area contributed by atoms with Gasteiger partial charge in [0.2, 0.25) is 10.0 Å². The molecule has 174 valence electrons. The quantitative estimate of drug-likeness (QED) is 0.663. The zero-order chi connectivity index (χ0) is 22.7. The highest BCUT2D eigenvalue weighted by atomic mass is 32.2. The van der Waals surface area contributed by atoms with Gasteiger partial charge in [-0.15, -0.1) is 11.3 Å². The molecule has 4 rings (SSSR count). The van der Waals surface area contributed by atoms with Crippen LogP contribution in [0.5, 0.6) is 0 Å². The predicted octanol–water partition coefficient (Wildman–Crippen LogP) is 2.96. The van der Waals surface area contributed by atoms with Gasteiger partial charge in [-0.1, -0.05) is 0 Å². The van der Waals surface area contributed by atoms with E-state index in [-0.39, 0.29) is 10.8 Å². The fourth-order valence-corrected chi connectivity index (χ4v) is 6.71. The Bertz CT molecular complexity index is 1060. The number of sulfonamides is 1. The number of benzene rings is 1. The van der Waals surface area contributed by atoms with Crippen LogP contribution in [0.1, 0.15) is 35.2 Å². The van der Waals surface area contributed by atoms with Gasteiger partial charge in [0.15, 0.2) is 0 Å². The molecule has 1 atom stereocenters. The third-order valence-corrected chi connectivity index (χ3v) is 9.20. The molecule has 3 heterocycles. The van der Waals surface area contributed by atoms with E-state index in [1.807, 2.05) is 18.4 Å². The van der Waals surface area contributed by atoms with Crippen LogP contribution in [0.2, 0.25) is 0 Å². The summed E-state index contributed by atoms with van der Waals surface area (Å²) in [5.74, 6) is -0.237. The molecule has 2 aliphatic heterocycles. The van der Waals surface area contributed by atoms with E-state index in [2.05, 4.69) is 17.3 Å². The Morgan fingerprint density at radius 1 is 1.19 bits per heavy atom. The molecular formula is C23H31N3O4S2. The van der Waals surface area contributed by atoms with E-state index in [0.29, 0.717) is 44.5 Å². The molecule has 2 aromatic rings. The van der Waals surface area contributed by atoms with Gasteiger partial charge in [-0.05, 0) is 80.6 Å². The molecule has 1 amide bonds. The van der Waals surface area contributed by atoms with Gasteiger partial charge in [0, 0.05) is 36.1 Å². The second kappa shape index (κ2) is 10.0. The molecule has 0 unspecified atom stereocenters. The lowest BCUT2D eigenvalue weighted by atomic mass is 10.1. The van der Waals surface area contributed by atoms with E-state index < -0.39 is 10.0 Å². The molecule has 2 saturated heterocycles. The summed E-state index contributed by atoms with van der Waals surface area (Å²) in [6.45, 7) is 5.08. The van der Waals surface area contributed by atoms with Crippen molar-refractivity contribution in [3.63, 3.8) is 0 Å². The van der Waals surface area contributed by atoms with Crippen molar-refractivity contribution < 1.29 is 17.9 Å². The molecule has 1 aromatic carbocycles. The number of rotatable bonds is 7. The van der Waals surface area contributed by atoms with E-state index in [4.69, 9.17) is 4.74 Å². The van der Waals surface area contributed by atoms with Crippen molar-refractivity contribution in [1.82, 2.24) is 14.5 Å². The van der Waals surface area contributed by atoms with Crippen molar-refractivity contribution in [1.29, 1.82) is 0 Å². The third-order valence-electron chi connectivity index (χ3n) is 6.23. The topological polar surface area (TPSA) is 79.0 Å². The number of thiophene rings is 1. The van der Waals surface area contributed by atoms with Gasteiger partial charge in [-0.2, -0.15) is 4.31 Å². The summed E-state index contributed by atoms with van der Waals surface area (Å²) in [6, 6.07) is 7.49. The summed E-state index contributed by atoms with van der Waals surface area (Å²) in [6.07, 6.45) is 3.24. The first-order valence-corrected chi connectivity index (χ1v) is 13.4. The van der Waals surface area contributed by atoms with E-state index in [1.165, 1.54) is 16.8 Å². The summed E-state index contributed by atoms with van der Waals surface area (Å²) in [5, 5.41) is 5.02. The van der Waals surface area contributed by atoms with Gasteiger partial charge in [0.1, 0.15) is 0 Å². The fourth-order valence-electron chi connectivity index (χ4n) is 4.34. The summed E-state index contributed by atoms with van der Waals surface area (Å²) >= 11 is 1.55. The zero-order valence-corrected chi connectivity index (χ0v) is 20.3. The third kappa shape index (κ3) is 5.23. The van der Waals surface area contributed by atoms with Gasteiger partial charge in [-0.25, -0.2) is 8.42 Å². The van der Waals surface area contributed by atoms with Crippen molar-refractivity contribution in [2.75, 3.05) is 46.4 Å². The monoisotopic (exact) mass is 477 g/mol. The number of carbonyl (C=O) groups is 1. The maximum Gasteiger partial charge on any atom is 0.251 e. The summed E-state index contributed by atoms with van der Waals surface area (Å²) < 4.78 is 33.4. The highest BCUT2D eigenvalue weighted by Gasteiger charge is 2.28. The lowest BCUT2D eigenvalue weighted by Crippen LogP contribution is -2.40. The number of hydrogen-bond acceptors (Lipinski definition) is 6. The number of amides is 1. The smallest absolute Gasteiger partial charge is 0.251 e. The lowest BCUT2D eigenvalue weighted by molar-refractivity contribution is 0.0730. The highest BCUT2D eigenvalue weighted by molar-refractivity contribution is 7.89. The average Bonchev–Trinajstić information content (AvgIpc) is 3.42. The number of morpholine rings is 1. The molecule has 0 spiro atoms. The first kappa shape index (κ1) is 23.4. The molecule has 1 N–H and O–H groups in total. The molecular weight excluding hydrogens is 446 g/mol. The number of hydrogen-bond donors (Lipinski definition) is 1. The van der Waals surface area contributed by atoms with Crippen LogP contribution in [0.15, 0.2) is 34.5 Å². The van der Waals surface area contributed by atoms with Gasteiger partial charge < -0.3 is 15.0 Å². The molecule has 9 heteroatoms. The van der Waals surface area contributed by atoms with Crippen molar-refractivity contribution in [2.45, 2.75) is 37.1 Å². The van der Waals surface area contributed by atoms with Gasteiger partial charge in [-0.3, -0.25) is 4.79 Å². The largest absolute Gasteiger partial charge is 0.379 e. The Labute approximate surface area is 194 Å². The normalized spacial score (nSPS) is 20.5. The second-order valence-electron chi connectivity index (χ2n) is 8.57. The Balaban J connectivity index is 1.59. The van der Waals surface area contributed by atoms with E-state index in [9.17, 15) is 13.2 Å². The minimum Gasteiger partial charge on any atom is -0.379 e. The number of ether oxygens (including phenoxy) is 1. The molecule has 0 saturated carbocycles. The molecule has 7 nitrogen and oxygen atoms in total. The first-order valence-electron chi connectivity index (χ1n) is 11.1. The van der Waals surface area contributed by atoms with Gasteiger partial charge in [0.25, 0.3) is 5.91 Å². The lowest BCUT2D eigenvalue weighted by Gasteiger charge is -2.26. The second-order valence-corrected chi connectivity index (χ2v) is 11.4. The van der Waals surface area contributed by atoms with Crippen molar-refractivity contribution in [3.8, 4) is 10.4 Å². The number of likely N-dealkylation sites (tertiary alicyclic amines) is 1. The Morgan fingerprint density at radius 3 is 2.62 bits per heavy atom. The van der Waals surface area contributed by atoms with Crippen LogP contribution in [0.25, 0.3) is 10.4 Å². The molecule has 1 aromatic heterocycles. The molecule has 0 radical (unpaired) electrons. The van der Waals surface area contributed by atoms with Gasteiger partial charge >= 0.3 is 0 Å². The van der Waals surface area contributed by atoms with Gasteiger partial charge in [0.05, 0.1) is 18.1 Å². The summed E-state index contributed by atoms with van der Waals surface area (Å²) in [7, 11) is -1.59. The summed E-state index contributed by atoms with van der Waals surface area (Å²) in [5.41, 5.74) is 2.23. The van der Waals surface area contributed by atoms with Crippen LogP contribution in [0.4, 0.5) is 0 Å². The van der Waals surface area contributed by atoms with Crippen LogP contribution in [-0.4, -0.2) is 76.0 Å². The minimum atomic E-state index is -3.71. The number of aryl methyl sites for hydroxylation is 1. The Hall–Kier alpha value is -1.78. The van der Waals surface area contributed by atoms with Crippen molar-refractivity contribution in [2.24, 2.45) is 0 Å². The molecule has 2 aliphatic rings. The molecule has 2 fully saturated rings. The zero-order valence-electron chi connectivity index (χ0n) is 18.7. The van der Waals surface area contributed by atoms with E-state index in [1.54, 1.807) is 23.5 Å². The molecule has 32 heavy (non-hydrogen) atoms. The number of carbonyl (C=O) groups excluding carboxylic acids is 1. The Morgan fingerprint density at radius 2 is 1.97 bits per heavy atom. The van der Waals surface area contributed by atoms with Crippen LogP contribution < -0.4 is 5.32 Å². The van der Waals surface area contributed by atoms with Crippen molar-refractivity contribution >= 4 is 27.3 Å². The minimum absolute atomic E-state index is 0.156. The Kier molecular flexibility index (Phi) is 7.31. The highest BCUT2D eigenvalue weighted by Crippen LogP contribution is 2.31. The van der Waals surface area contributed by atoms with Crippen molar-refractivity contribution in [3.05, 3.63) is 40.8 Å². The molecule has 0 bridgehead atoms. The fraction of sp³-hybridized carbons (Fsp3) is 0.522. The first-order chi connectivity index (χ1) is 15.3. The van der Waals surface area contributed by atoms with E-state index >= 15 is 0 Å². The van der Waals surface area contributed by atoms with Crippen LogP contribution in [0, 0.1) is 6.92 Å².